The molecule has 3 aliphatic heterocycles. The van der Waals surface area contributed by atoms with Crippen LogP contribution in [0.3, 0.4) is 0 Å². The molecule has 2 N–H and O–H groups in total. The third kappa shape index (κ3) is 3.80. The number of phenols is 1. The first-order valence-electron chi connectivity index (χ1n) is 14.9. The second-order valence-electron chi connectivity index (χ2n) is 13.9. The van der Waals surface area contributed by atoms with Crippen LogP contribution in [0, 0.1) is 17.8 Å². The van der Waals surface area contributed by atoms with Crippen molar-refractivity contribution >= 4 is 23.6 Å². The Kier molecular flexibility index (Phi) is 6.40. The highest BCUT2D eigenvalue weighted by Gasteiger charge is 2.85. The van der Waals surface area contributed by atoms with Crippen molar-refractivity contribution in [2.45, 2.75) is 96.2 Å². The lowest BCUT2D eigenvalue weighted by molar-refractivity contribution is -0.224. The fourth-order valence-electron chi connectivity index (χ4n) is 8.31. The minimum absolute atomic E-state index is 0.0474. The van der Waals surface area contributed by atoms with Crippen LogP contribution in [0.4, 0.5) is 0 Å². The van der Waals surface area contributed by atoms with Gasteiger partial charge < -0.3 is 29.2 Å². The van der Waals surface area contributed by atoms with Gasteiger partial charge in [-0.3, -0.25) is 9.59 Å². The second kappa shape index (κ2) is 9.29. The predicted octanol–water partition coefficient (Wildman–Crippen LogP) is 5.22. The zero-order valence-corrected chi connectivity index (χ0v) is 26.0. The number of ether oxygens (including phenoxy) is 4. The Balaban J connectivity index is 1.68. The molecule has 43 heavy (non-hydrogen) atoms. The summed E-state index contributed by atoms with van der Waals surface area (Å²) in [6.07, 6.45) is 6.97. The van der Waals surface area contributed by atoms with E-state index in [-0.39, 0.29) is 40.6 Å². The molecule has 4 bridgehead atoms. The lowest BCUT2D eigenvalue weighted by Crippen LogP contribution is -2.80. The van der Waals surface area contributed by atoms with Gasteiger partial charge in [0.15, 0.2) is 22.8 Å². The number of carboxylic acid groups (broad SMARTS) is 1. The third-order valence-corrected chi connectivity index (χ3v) is 10.2. The number of hydrogen-bond donors (Lipinski definition) is 2. The van der Waals surface area contributed by atoms with E-state index in [1.54, 1.807) is 6.08 Å². The molecule has 6 atom stereocenters. The molecule has 1 aromatic carbocycles. The van der Waals surface area contributed by atoms with Gasteiger partial charge in [-0.25, -0.2) is 4.79 Å². The minimum Gasteiger partial charge on any atom is -0.506 e. The molecule has 1 aromatic rings. The van der Waals surface area contributed by atoms with Gasteiger partial charge >= 0.3 is 5.97 Å². The molecule has 3 saturated carbocycles. The Morgan fingerprint density at radius 3 is 2.42 bits per heavy atom. The number of rotatable bonds is 6. The fourth-order valence-corrected chi connectivity index (χ4v) is 8.31. The first kappa shape index (κ1) is 29.6. The summed E-state index contributed by atoms with van der Waals surface area (Å²) in [6.45, 7) is 13.0. The molecule has 4 fully saturated rings. The number of carboxylic acids is 1. The minimum atomic E-state index is -1.65. The van der Waals surface area contributed by atoms with Crippen LogP contribution in [-0.2, 0) is 25.5 Å². The van der Waals surface area contributed by atoms with Crippen LogP contribution in [0.5, 0.6) is 17.2 Å². The lowest BCUT2D eigenvalue weighted by atomic mass is 9.45. The Bertz CT molecular complexity index is 1560. The molecular weight excluding hydrogens is 552 g/mol. The Labute approximate surface area is 251 Å². The molecule has 0 unspecified atom stereocenters. The molecule has 230 valence electrons. The van der Waals surface area contributed by atoms with Crippen molar-refractivity contribution in [2.24, 2.45) is 17.8 Å². The van der Waals surface area contributed by atoms with Crippen LogP contribution >= 0.6 is 0 Å². The highest BCUT2D eigenvalue weighted by atomic mass is 16.6. The van der Waals surface area contributed by atoms with E-state index in [4.69, 9.17) is 18.9 Å². The maximum atomic E-state index is 14.9. The average molecular weight is 593 g/mol. The maximum absolute atomic E-state index is 14.9. The van der Waals surface area contributed by atoms with Crippen molar-refractivity contribution in [3.63, 3.8) is 0 Å². The first-order chi connectivity index (χ1) is 20.0. The number of ketones is 2. The standard InChI is InChI=1S/C34H40O9/c1-16(2)9-10-19-26-18(12-13-31(4,5)41-26)24(35)22-25(36)23-28(40-8)20-15-21-32(6,7)43-33(29(20)37,14-11-17(3)30(38)39)34(21,23)42-27(19)22/h9,11-13,20-21,23,28,35H,10,14-15H2,1-8H3,(H,38,39)/b17-11-/t20-,21-,23+,28+,33-,34-/m0/s1. The normalized spacial score (nSPS) is 34.1. The molecule has 9 nitrogen and oxygen atoms in total. The molecule has 7 rings (SSSR count). The predicted molar refractivity (Wildman–Crippen MR) is 157 cm³/mol. The number of allylic oxidation sites excluding steroid dienone is 2. The number of phenolic OH excluding ortho intramolecular Hbond substituents is 1. The summed E-state index contributed by atoms with van der Waals surface area (Å²) in [4.78, 5) is 41.2. The van der Waals surface area contributed by atoms with Crippen LogP contribution in [-0.4, -0.2) is 63.4 Å². The summed E-state index contributed by atoms with van der Waals surface area (Å²) in [5.41, 5.74) is -2.57. The molecule has 9 heteroatoms. The molecular formula is C34H40O9. The van der Waals surface area contributed by atoms with Gasteiger partial charge in [-0.05, 0) is 73.5 Å². The topological polar surface area (TPSA) is 129 Å². The SMILES string of the molecule is CO[C@@H]1[C@@H]2C[C@H]3C(C)(C)O[C@@](C/C=C(/C)C(=O)O)(C2=O)[C@]32Oc3c(CC=C(C)C)c4c(c(O)c3C(=O)[C@H]12)C=CC(C)(C)O4. The zero-order valence-electron chi connectivity index (χ0n) is 26.0. The number of Topliss-reactive ketones (excluding diaryl/α,β-unsaturated/α-hetero) is 2. The van der Waals surface area contributed by atoms with E-state index in [0.717, 1.165) is 5.57 Å². The smallest absolute Gasteiger partial charge is 0.330 e. The third-order valence-electron chi connectivity index (χ3n) is 10.2. The summed E-state index contributed by atoms with van der Waals surface area (Å²) in [7, 11) is 1.48. The van der Waals surface area contributed by atoms with E-state index < -0.39 is 52.2 Å². The van der Waals surface area contributed by atoms with Crippen LogP contribution in [0.15, 0.2) is 29.4 Å². The summed E-state index contributed by atoms with van der Waals surface area (Å²) in [5.74, 6) is -3.41. The molecule has 3 heterocycles. The number of carbonyl (C=O) groups is 3. The lowest BCUT2D eigenvalue weighted by Gasteiger charge is -2.62. The summed E-state index contributed by atoms with van der Waals surface area (Å²) in [6, 6.07) is 0. The van der Waals surface area contributed by atoms with Crippen molar-refractivity contribution in [2.75, 3.05) is 7.11 Å². The van der Waals surface area contributed by atoms with Gasteiger partial charge in [0, 0.05) is 36.5 Å². The van der Waals surface area contributed by atoms with Gasteiger partial charge in [0.1, 0.15) is 28.4 Å². The van der Waals surface area contributed by atoms with Gasteiger partial charge in [-0.15, -0.1) is 0 Å². The van der Waals surface area contributed by atoms with Gasteiger partial charge in [0.25, 0.3) is 0 Å². The molecule has 0 aromatic heterocycles. The van der Waals surface area contributed by atoms with Gasteiger partial charge in [0.05, 0.1) is 23.2 Å². The Hall–Kier alpha value is -3.43. The van der Waals surface area contributed by atoms with Crippen LogP contribution < -0.4 is 9.47 Å². The zero-order chi connectivity index (χ0) is 31.4. The quantitative estimate of drug-likeness (QED) is 0.338. The van der Waals surface area contributed by atoms with E-state index in [0.29, 0.717) is 29.7 Å². The van der Waals surface area contributed by atoms with Crippen LogP contribution in [0.1, 0.15) is 82.8 Å². The molecule has 0 amide bonds. The van der Waals surface area contributed by atoms with E-state index >= 15 is 0 Å². The van der Waals surface area contributed by atoms with E-state index in [1.807, 2.05) is 53.7 Å². The number of hydrogen-bond acceptors (Lipinski definition) is 8. The highest BCUT2D eigenvalue weighted by Crippen LogP contribution is 2.70. The highest BCUT2D eigenvalue weighted by molar-refractivity contribution is 6.10. The number of aromatic hydroxyl groups is 1. The largest absolute Gasteiger partial charge is 0.506 e. The molecule has 0 radical (unpaired) electrons. The Morgan fingerprint density at radius 1 is 1.09 bits per heavy atom. The van der Waals surface area contributed by atoms with Crippen molar-refractivity contribution in [1.82, 2.24) is 0 Å². The first-order valence-corrected chi connectivity index (χ1v) is 14.9. The van der Waals surface area contributed by atoms with E-state index in [1.165, 1.54) is 20.1 Å². The van der Waals surface area contributed by atoms with Crippen molar-refractivity contribution < 1.29 is 43.5 Å². The van der Waals surface area contributed by atoms with Crippen molar-refractivity contribution in [1.29, 1.82) is 0 Å². The van der Waals surface area contributed by atoms with Crippen molar-refractivity contribution in [3.8, 4) is 17.2 Å². The summed E-state index contributed by atoms with van der Waals surface area (Å²) in [5, 5.41) is 21.3. The molecule has 6 aliphatic rings. The summed E-state index contributed by atoms with van der Waals surface area (Å²) < 4.78 is 26.2. The van der Waals surface area contributed by atoms with E-state index in [2.05, 4.69) is 0 Å². The van der Waals surface area contributed by atoms with Crippen LogP contribution in [0.25, 0.3) is 6.08 Å². The fraction of sp³-hybridized carbons (Fsp3) is 0.559. The van der Waals surface area contributed by atoms with Gasteiger partial charge in [-0.1, -0.05) is 17.7 Å². The van der Waals surface area contributed by atoms with Crippen molar-refractivity contribution in [3.05, 3.63) is 46.1 Å². The number of benzene rings is 1. The molecule has 1 saturated heterocycles. The van der Waals surface area contributed by atoms with Gasteiger partial charge in [0.2, 0.25) is 0 Å². The van der Waals surface area contributed by atoms with E-state index in [9.17, 15) is 24.6 Å². The maximum Gasteiger partial charge on any atom is 0.330 e. The number of methoxy groups -OCH3 is 1. The Morgan fingerprint density at radius 2 is 1.79 bits per heavy atom. The second-order valence-corrected chi connectivity index (χ2v) is 13.9. The monoisotopic (exact) mass is 592 g/mol. The summed E-state index contributed by atoms with van der Waals surface area (Å²) >= 11 is 0. The average Bonchev–Trinajstić information content (AvgIpc) is 3.06. The molecule has 3 aliphatic carbocycles. The number of carbonyl (C=O) groups excluding carboxylic acids is 2. The number of aliphatic carboxylic acids is 1. The van der Waals surface area contributed by atoms with Gasteiger partial charge in [-0.2, -0.15) is 0 Å². The number of fused-ring (bicyclic) bond motifs is 2. The molecule has 1 spiro atoms. The van der Waals surface area contributed by atoms with Crippen LogP contribution in [0.2, 0.25) is 0 Å².